The molecule has 3 N–H and O–H groups in total. The number of nitrogens with two attached hydrogens (primary N) is 1. The van der Waals surface area contributed by atoms with Crippen LogP contribution in [0.25, 0.3) is 0 Å². The summed E-state index contributed by atoms with van der Waals surface area (Å²) in [5.41, 5.74) is 5.80. The summed E-state index contributed by atoms with van der Waals surface area (Å²) in [4.78, 5) is 25.9. The van der Waals surface area contributed by atoms with Crippen molar-refractivity contribution < 1.29 is 18.4 Å². The molecule has 1 heterocycles. The number of hydrogen-bond acceptors (Lipinski definition) is 3. The predicted molar refractivity (Wildman–Crippen MR) is 89.1 cm³/mol. The van der Waals surface area contributed by atoms with Gasteiger partial charge in [-0.2, -0.15) is 0 Å². The molecule has 1 aromatic rings. The lowest BCUT2D eigenvalue weighted by Crippen LogP contribution is -2.50. The number of benzene rings is 1. The fraction of sp³-hybridized carbons (Fsp3) is 0.500. The zero-order valence-electron chi connectivity index (χ0n) is 13.2. The molecule has 0 saturated carbocycles. The van der Waals surface area contributed by atoms with Crippen LogP contribution in [0, 0.1) is 0 Å². The van der Waals surface area contributed by atoms with E-state index in [0.717, 1.165) is 5.56 Å². The van der Waals surface area contributed by atoms with Crippen LogP contribution in [0.15, 0.2) is 30.3 Å². The van der Waals surface area contributed by atoms with E-state index in [2.05, 4.69) is 5.32 Å². The van der Waals surface area contributed by atoms with Crippen molar-refractivity contribution in [3.05, 3.63) is 35.9 Å². The van der Waals surface area contributed by atoms with E-state index in [0.29, 0.717) is 19.4 Å². The van der Waals surface area contributed by atoms with Crippen molar-refractivity contribution in [1.82, 2.24) is 10.2 Å². The topological polar surface area (TPSA) is 75.4 Å². The third kappa shape index (κ3) is 5.42. The smallest absolute Gasteiger partial charge is 0.277 e. The molecule has 0 aliphatic carbocycles. The summed E-state index contributed by atoms with van der Waals surface area (Å²) in [6, 6.07) is 8.53. The number of nitrogens with one attached hydrogen (secondary N) is 1. The van der Waals surface area contributed by atoms with Crippen molar-refractivity contribution in [1.29, 1.82) is 0 Å². The molecule has 1 saturated heterocycles. The Bertz CT molecular complexity index is 558. The Labute approximate surface area is 146 Å². The first kappa shape index (κ1) is 20.3. The maximum absolute atomic E-state index is 13.1. The van der Waals surface area contributed by atoms with Gasteiger partial charge in [-0.3, -0.25) is 9.59 Å². The van der Waals surface area contributed by atoms with E-state index in [1.54, 1.807) is 0 Å². The van der Waals surface area contributed by atoms with Gasteiger partial charge >= 0.3 is 0 Å². The van der Waals surface area contributed by atoms with Crippen LogP contribution in [0.4, 0.5) is 8.78 Å². The third-order valence-electron chi connectivity index (χ3n) is 3.89. The standard InChI is InChI=1S/C16H21F2N3O2.ClH/c17-16(18,10-19)11-20-15(23)13-7-4-8-21(13)14(22)9-12-5-2-1-3-6-12;/h1-3,5-6,13H,4,7-11,19H2,(H,20,23);1H. The predicted octanol–water partition coefficient (Wildman–Crippen LogP) is 1.35. The summed E-state index contributed by atoms with van der Waals surface area (Å²) in [5.74, 6) is -3.84. The lowest BCUT2D eigenvalue weighted by Gasteiger charge is -2.25. The number of carbonyl (C=O) groups is 2. The molecule has 8 heteroatoms. The average molecular weight is 362 g/mol. The molecule has 1 aliphatic rings. The molecule has 1 atom stereocenters. The SMILES string of the molecule is Cl.NCC(F)(F)CNC(=O)C1CCCN1C(=O)Cc1ccccc1. The number of amides is 2. The van der Waals surface area contributed by atoms with Gasteiger partial charge < -0.3 is 16.0 Å². The van der Waals surface area contributed by atoms with Gasteiger partial charge in [0.15, 0.2) is 0 Å². The normalized spacial score (nSPS) is 17.3. The second-order valence-electron chi connectivity index (χ2n) is 5.69. The van der Waals surface area contributed by atoms with Crippen molar-refractivity contribution in [2.75, 3.05) is 19.6 Å². The van der Waals surface area contributed by atoms with E-state index in [4.69, 9.17) is 5.73 Å². The number of likely N-dealkylation sites (tertiary alicyclic amines) is 1. The monoisotopic (exact) mass is 361 g/mol. The van der Waals surface area contributed by atoms with E-state index in [1.165, 1.54) is 4.90 Å². The quantitative estimate of drug-likeness (QED) is 0.803. The first-order chi connectivity index (χ1) is 10.9. The number of halogens is 3. The van der Waals surface area contributed by atoms with Crippen LogP contribution >= 0.6 is 12.4 Å². The molecule has 0 spiro atoms. The molecular weight excluding hydrogens is 340 g/mol. The van der Waals surface area contributed by atoms with Crippen molar-refractivity contribution in [2.24, 2.45) is 5.73 Å². The highest BCUT2D eigenvalue weighted by atomic mass is 35.5. The number of rotatable bonds is 6. The summed E-state index contributed by atoms with van der Waals surface area (Å²) < 4.78 is 26.2. The maximum Gasteiger partial charge on any atom is 0.277 e. The molecule has 134 valence electrons. The summed E-state index contributed by atoms with van der Waals surface area (Å²) in [6.45, 7) is -1.16. The van der Waals surface area contributed by atoms with Crippen LogP contribution in [0.5, 0.6) is 0 Å². The van der Waals surface area contributed by atoms with E-state index in [9.17, 15) is 18.4 Å². The minimum absolute atomic E-state index is 0. The minimum atomic E-state index is -3.13. The number of nitrogens with zero attached hydrogens (tertiary/aromatic N) is 1. The first-order valence-electron chi connectivity index (χ1n) is 7.62. The Morgan fingerprint density at radius 3 is 2.58 bits per heavy atom. The number of hydrogen-bond donors (Lipinski definition) is 2. The van der Waals surface area contributed by atoms with Crippen LogP contribution in [0.2, 0.25) is 0 Å². The molecule has 5 nitrogen and oxygen atoms in total. The Morgan fingerprint density at radius 2 is 1.96 bits per heavy atom. The molecule has 2 rings (SSSR count). The first-order valence-corrected chi connectivity index (χ1v) is 7.62. The van der Waals surface area contributed by atoms with Crippen molar-refractivity contribution in [3.63, 3.8) is 0 Å². The Morgan fingerprint density at radius 1 is 1.29 bits per heavy atom. The second-order valence-corrected chi connectivity index (χ2v) is 5.69. The van der Waals surface area contributed by atoms with Gasteiger partial charge in [-0.15, -0.1) is 12.4 Å². The molecule has 0 aromatic heterocycles. The van der Waals surface area contributed by atoms with Crippen molar-refractivity contribution >= 4 is 24.2 Å². The molecular formula is C16H22ClF2N3O2. The van der Waals surface area contributed by atoms with Crippen LogP contribution < -0.4 is 11.1 Å². The van der Waals surface area contributed by atoms with Crippen LogP contribution in [0.3, 0.4) is 0 Å². The third-order valence-corrected chi connectivity index (χ3v) is 3.89. The molecule has 1 fully saturated rings. The highest BCUT2D eigenvalue weighted by molar-refractivity contribution is 5.89. The van der Waals surface area contributed by atoms with Gasteiger partial charge in [0, 0.05) is 6.54 Å². The Kier molecular flexibility index (Phi) is 7.57. The molecule has 24 heavy (non-hydrogen) atoms. The number of alkyl halides is 2. The second kappa shape index (κ2) is 8.94. The van der Waals surface area contributed by atoms with Gasteiger partial charge in [0.25, 0.3) is 5.92 Å². The van der Waals surface area contributed by atoms with Crippen molar-refractivity contribution in [3.8, 4) is 0 Å². The molecule has 0 bridgehead atoms. The molecule has 2 amide bonds. The lowest BCUT2D eigenvalue weighted by atomic mass is 10.1. The molecule has 1 unspecified atom stereocenters. The highest BCUT2D eigenvalue weighted by Crippen LogP contribution is 2.19. The molecule has 1 aliphatic heterocycles. The van der Waals surface area contributed by atoms with Gasteiger partial charge in [-0.25, -0.2) is 8.78 Å². The van der Waals surface area contributed by atoms with E-state index in [1.807, 2.05) is 30.3 Å². The van der Waals surface area contributed by atoms with Gasteiger partial charge in [0.05, 0.1) is 19.5 Å². The van der Waals surface area contributed by atoms with Gasteiger partial charge in [-0.1, -0.05) is 30.3 Å². The largest absolute Gasteiger partial charge is 0.348 e. The summed E-state index contributed by atoms with van der Waals surface area (Å²) in [6.07, 6.45) is 1.37. The molecule has 1 aromatic carbocycles. The average Bonchev–Trinajstić information content (AvgIpc) is 3.03. The lowest BCUT2D eigenvalue weighted by molar-refractivity contribution is -0.138. The fourth-order valence-electron chi connectivity index (χ4n) is 2.62. The van der Waals surface area contributed by atoms with Gasteiger partial charge in [-0.05, 0) is 18.4 Å². The van der Waals surface area contributed by atoms with Crippen molar-refractivity contribution in [2.45, 2.75) is 31.2 Å². The van der Waals surface area contributed by atoms with Gasteiger partial charge in [0.1, 0.15) is 6.04 Å². The summed E-state index contributed by atoms with van der Waals surface area (Å²) >= 11 is 0. The number of carbonyl (C=O) groups excluding carboxylic acids is 2. The fourth-order valence-corrected chi connectivity index (χ4v) is 2.62. The van der Waals surface area contributed by atoms with E-state index in [-0.39, 0.29) is 24.7 Å². The zero-order valence-corrected chi connectivity index (χ0v) is 14.0. The Balaban J connectivity index is 0.00000288. The highest BCUT2D eigenvalue weighted by Gasteiger charge is 2.35. The zero-order chi connectivity index (χ0) is 16.9. The van der Waals surface area contributed by atoms with E-state index >= 15 is 0 Å². The summed E-state index contributed by atoms with van der Waals surface area (Å²) in [5, 5.41) is 2.20. The van der Waals surface area contributed by atoms with Gasteiger partial charge in [0.2, 0.25) is 11.8 Å². The maximum atomic E-state index is 13.1. The van der Waals surface area contributed by atoms with Crippen LogP contribution in [-0.2, 0) is 16.0 Å². The van der Waals surface area contributed by atoms with E-state index < -0.39 is 31.0 Å². The minimum Gasteiger partial charge on any atom is -0.348 e. The Hall–Kier alpha value is -1.73. The van der Waals surface area contributed by atoms with Crippen LogP contribution in [0.1, 0.15) is 18.4 Å². The van der Waals surface area contributed by atoms with Crippen LogP contribution in [-0.4, -0.2) is 48.3 Å². The molecule has 0 radical (unpaired) electrons. The summed E-state index contributed by atoms with van der Waals surface area (Å²) in [7, 11) is 0.